The Kier molecular flexibility index (Phi) is 4.84. The Morgan fingerprint density at radius 3 is 2.05 bits per heavy atom. The minimum absolute atomic E-state index is 0.0280. The Morgan fingerprint density at radius 2 is 1.50 bits per heavy atom. The van der Waals surface area contributed by atoms with Gasteiger partial charge in [-0.25, -0.2) is 0 Å². The predicted octanol–water partition coefficient (Wildman–Crippen LogP) is 1.96. The van der Waals surface area contributed by atoms with Crippen LogP contribution in [0.4, 0.5) is 0 Å². The molecular formula is C16H31N3O2S. The quantitative estimate of drug-likeness (QED) is 0.788. The van der Waals surface area contributed by atoms with E-state index < -0.39 is 10.2 Å². The minimum Gasteiger partial charge on any atom is -0.315 e. The fraction of sp³-hybridized carbons (Fsp3) is 1.00. The van der Waals surface area contributed by atoms with Crippen LogP contribution in [0.5, 0.6) is 0 Å². The van der Waals surface area contributed by atoms with Gasteiger partial charge < -0.3 is 5.32 Å². The van der Waals surface area contributed by atoms with Crippen LogP contribution in [0.1, 0.15) is 58.8 Å². The lowest BCUT2D eigenvalue weighted by Gasteiger charge is -2.48. The van der Waals surface area contributed by atoms with Crippen molar-refractivity contribution in [1.82, 2.24) is 13.9 Å². The molecule has 1 N–H and O–H groups in total. The molecule has 2 heterocycles. The topological polar surface area (TPSA) is 52.7 Å². The third-order valence-electron chi connectivity index (χ3n) is 5.43. The number of rotatable bonds is 2. The Hall–Kier alpha value is -0.170. The lowest BCUT2D eigenvalue weighted by Crippen LogP contribution is -2.62. The maximum Gasteiger partial charge on any atom is 0.282 e. The van der Waals surface area contributed by atoms with Crippen LogP contribution in [-0.4, -0.2) is 55.3 Å². The molecule has 5 nitrogen and oxygen atoms in total. The van der Waals surface area contributed by atoms with Crippen LogP contribution in [0.25, 0.3) is 0 Å². The van der Waals surface area contributed by atoms with Crippen molar-refractivity contribution in [2.45, 2.75) is 70.9 Å². The maximum absolute atomic E-state index is 13.2. The van der Waals surface area contributed by atoms with Crippen molar-refractivity contribution >= 4 is 10.2 Å². The fourth-order valence-electron chi connectivity index (χ4n) is 4.26. The van der Waals surface area contributed by atoms with E-state index in [-0.39, 0.29) is 17.5 Å². The van der Waals surface area contributed by atoms with Crippen LogP contribution in [-0.2, 0) is 10.2 Å². The van der Waals surface area contributed by atoms with E-state index in [1.165, 1.54) is 25.7 Å². The van der Waals surface area contributed by atoms with E-state index in [1.54, 1.807) is 4.31 Å². The first kappa shape index (κ1) is 16.7. The summed E-state index contributed by atoms with van der Waals surface area (Å²) in [6.07, 6.45) is 7.85. The predicted molar refractivity (Wildman–Crippen MR) is 88.9 cm³/mol. The third kappa shape index (κ3) is 3.35. The normalized spacial score (nSPS) is 34.5. The average molecular weight is 330 g/mol. The van der Waals surface area contributed by atoms with Crippen molar-refractivity contribution in [3.63, 3.8) is 0 Å². The van der Waals surface area contributed by atoms with Gasteiger partial charge in [-0.1, -0.05) is 39.5 Å². The first-order valence-electron chi connectivity index (χ1n) is 8.89. The van der Waals surface area contributed by atoms with E-state index in [0.717, 1.165) is 32.4 Å². The largest absolute Gasteiger partial charge is 0.315 e. The van der Waals surface area contributed by atoms with E-state index in [1.807, 2.05) is 4.31 Å². The summed E-state index contributed by atoms with van der Waals surface area (Å²) in [6, 6.07) is 0.349. The van der Waals surface area contributed by atoms with Gasteiger partial charge >= 0.3 is 0 Å². The van der Waals surface area contributed by atoms with Gasteiger partial charge in [-0.2, -0.15) is 17.0 Å². The van der Waals surface area contributed by atoms with Crippen LogP contribution in [0.15, 0.2) is 0 Å². The first-order chi connectivity index (χ1) is 10.4. The van der Waals surface area contributed by atoms with Gasteiger partial charge in [0.15, 0.2) is 0 Å². The molecule has 3 fully saturated rings. The average Bonchev–Trinajstić information content (AvgIpc) is 2.84. The monoisotopic (exact) mass is 329 g/mol. The molecule has 2 saturated heterocycles. The molecular weight excluding hydrogens is 298 g/mol. The molecule has 0 bridgehead atoms. The number of nitrogens with zero attached hydrogens (tertiary/aromatic N) is 2. The van der Waals surface area contributed by atoms with Gasteiger partial charge in [0.2, 0.25) is 0 Å². The van der Waals surface area contributed by atoms with E-state index in [2.05, 4.69) is 19.2 Å². The van der Waals surface area contributed by atoms with Crippen LogP contribution in [0, 0.1) is 5.41 Å². The summed E-state index contributed by atoms with van der Waals surface area (Å²) >= 11 is 0. The summed E-state index contributed by atoms with van der Waals surface area (Å²) in [6.45, 7) is 7.48. The molecule has 128 valence electrons. The summed E-state index contributed by atoms with van der Waals surface area (Å²) in [5.41, 5.74) is 0.0280. The van der Waals surface area contributed by atoms with Crippen molar-refractivity contribution in [1.29, 1.82) is 0 Å². The molecule has 0 aromatic rings. The van der Waals surface area contributed by atoms with Gasteiger partial charge in [-0.3, -0.25) is 0 Å². The molecule has 2 aliphatic heterocycles. The second-order valence-electron chi connectivity index (χ2n) is 8.05. The van der Waals surface area contributed by atoms with E-state index in [0.29, 0.717) is 13.1 Å². The Labute approximate surface area is 135 Å². The van der Waals surface area contributed by atoms with Gasteiger partial charge in [0.05, 0.1) is 0 Å². The number of hydrogen-bond acceptors (Lipinski definition) is 3. The van der Waals surface area contributed by atoms with Crippen LogP contribution < -0.4 is 5.32 Å². The van der Waals surface area contributed by atoms with Crippen molar-refractivity contribution in [3.8, 4) is 0 Å². The molecule has 1 saturated carbocycles. The molecule has 3 aliphatic rings. The van der Waals surface area contributed by atoms with Gasteiger partial charge in [-0.05, 0) is 31.2 Å². The molecule has 0 radical (unpaired) electrons. The highest BCUT2D eigenvalue weighted by Crippen LogP contribution is 2.36. The summed E-state index contributed by atoms with van der Waals surface area (Å²) < 4.78 is 30.1. The molecule has 3 rings (SSSR count). The highest BCUT2D eigenvalue weighted by atomic mass is 32.2. The van der Waals surface area contributed by atoms with Crippen molar-refractivity contribution in [2.75, 3.05) is 26.2 Å². The van der Waals surface area contributed by atoms with E-state index in [4.69, 9.17) is 0 Å². The number of hydrogen-bond donors (Lipinski definition) is 1. The molecule has 1 atom stereocenters. The second-order valence-corrected chi connectivity index (χ2v) is 9.89. The molecule has 0 amide bonds. The Morgan fingerprint density at radius 1 is 0.909 bits per heavy atom. The van der Waals surface area contributed by atoms with E-state index in [9.17, 15) is 8.42 Å². The standard InChI is InChI=1S/C16H31N3O2S/c1-16(2)12-18(14-7-5-3-4-6-8-14)22(20,21)19(13-16)15-9-10-17-11-15/h14-15,17H,3-13H2,1-2H3/t15-/m1/s1. The molecule has 0 unspecified atom stereocenters. The molecule has 0 aromatic carbocycles. The third-order valence-corrected chi connectivity index (χ3v) is 7.47. The van der Waals surface area contributed by atoms with Gasteiger partial charge in [0, 0.05) is 31.7 Å². The lowest BCUT2D eigenvalue weighted by molar-refractivity contribution is 0.112. The molecule has 1 aliphatic carbocycles. The maximum atomic E-state index is 13.2. The summed E-state index contributed by atoms with van der Waals surface area (Å²) in [5.74, 6) is 0. The smallest absolute Gasteiger partial charge is 0.282 e. The molecule has 0 spiro atoms. The summed E-state index contributed by atoms with van der Waals surface area (Å²) in [4.78, 5) is 0. The zero-order valence-corrected chi connectivity index (χ0v) is 14.9. The van der Waals surface area contributed by atoms with Crippen LogP contribution >= 0.6 is 0 Å². The summed E-state index contributed by atoms with van der Waals surface area (Å²) in [5, 5.41) is 3.31. The van der Waals surface area contributed by atoms with Gasteiger partial charge in [0.1, 0.15) is 0 Å². The van der Waals surface area contributed by atoms with Gasteiger partial charge in [0.25, 0.3) is 10.2 Å². The zero-order chi connectivity index (χ0) is 15.8. The van der Waals surface area contributed by atoms with Crippen LogP contribution in [0.2, 0.25) is 0 Å². The highest BCUT2D eigenvalue weighted by Gasteiger charge is 2.47. The second kappa shape index (κ2) is 6.38. The molecule has 6 heteroatoms. The Balaban J connectivity index is 1.86. The van der Waals surface area contributed by atoms with Crippen LogP contribution in [0.3, 0.4) is 0 Å². The first-order valence-corrected chi connectivity index (χ1v) is 10.3. The molecule has 22 heavy (non-hydrogen) atoms. The Bertz CT molecular complexity index is 478. The van der Waals surface area contributed by atoms with Gasteiger partial charge in [-0.15, -0.1) is 0 Å². The lowest BCUT2D eigenvalue weighted by atomic mass is 9.91. The van der Waals surface area contributed by atoms with Crippen molar-refractivity contribution in [3.05, 3.63) is 0 Å². The zero-order valence-electron chi connectivity index (χ0n) is 14.1. The van der Waals surface area contributed by atoms with Crippen molar-refractivity contribution < 1.29 is 8.42 Å². The SMILES string of the molecule is CC1(C)CN(C2CCCCCC2)S(=O)(=O)N([C@@H]2CCNC2)C1. The summed E-state index contributed by atoms with van der Waals surface area (Å²) in [7, 11) is -3.31. The fourth-order valence-corrected chi connectivity index (χ4v) is 6.70. The van der Waals surface area contributed by atoms with E-state index >= 15 is 0 Å². The highest BCUT2D eigenvalue weighted by molar-refractivity contribution is 7.86. The molecule has 0 aromatic heterocycles. The minimum atomic E-state index is -3.31. The number of nitrogens with one attached hydrogen (secondary N) is 1. The van der Waals surface area contributed by atoms with Crippen molar-refractivity contribution in [2.24, 2.45) is 5.41 Å².